The second-order valence-corrected chi connectivity index (χ2v) is 8.94. The number of carboxylic acids is 1. The lowest BCUT2D eigenvalue weighted by molar-refractivity contribution is -0.140. The summed E-state index contributed by atoms with van der Waals surface area (Å²) < 4.78 is 0. The van der Waals surface area contributed by atoms with Crippen LogP contribution in [0, 0.1) is 17.8 Å². The second kappa shape index (κ2) is 9.20. The Morgan fingerprint density at radius 3 is 2.35 bits per heavy atom. The Morgan fingerprint density at radius 1 is 1.08 bits per heavy atom. The molecule has 0 radical (unpaired) electrons. The number of carbonyl (C=O) groups excluding carboxylic acids is 1. The molecule has 0 aromatic heterocycles. The van der Waals surface area contributed by atoms with Crippen molar-refractivity contribution in [2.24, 2.45) is 17.8 Å². The van der Waals surface area contributed by atoms with E-state index in [4.69, 9.17) is 5.11 Å². The number of nitrogens with one attached hydrogen (secondary N) is 1. The zero-order chi connectivity index (χ0) is 18.5. The number of carbonyl (C=O) groups is 2. The lowest BCUT2D eigenvalue weighted by Crippen LogP contribution is -2.56. The number of nitrogens with zero attached hydrogens (tertiary/aromatic N) is 1. The Balaban J connectivity index is 1.41. The van der Waals surface area contributed by atoms with Crippen molar-refractivity contribution >= 4 is 11.9 Å². The third-order valence-electron chi connectivity index (χ3n) is 6.71. The van der Waals surface area contributed by atoms with Crippen molar-refractivity contribution in [2.75, 3.05) is 13.1 Å². The molecule has 2 N–H and O–H groups in total. The third-order valence-corrected chi connectivity index (χ3v) is 6.71. The predicted molar refractivity (Wildman–Crippen MR) is 102 cm³/mol. The molecule has 0 aromatic rings. The van der Waals surface area contributed by atoms with Crippen LogP contribution in [0.3, 0.4) is 0 Å². The van der Waals surface area contributed by atoms with Crippen molar-refractivity contribution in [1.82, 2.24) is 10.2 Å². The average molecular weight is 365 g/mol. The second-order valence-electron chi connectivity index (χ2n) is 8.94. The number of amides is 1. The first kappa shape index (κ1) is 19.7. The van der Waals surface area contributed by atoms with E-state index in [0.717, 1.165) is 38.1 Å². The fraction of sp³-hybridized carbons (Fsp3) is 0.905. The fourth-order valence-corrected chi connectivity index (χ4v) is 4.76. The van der Waals surface area contributed by atoms with E-state index >= 15 is 0 Å². The van der Waals surface area contributed by atoms with E-state index in [-0.39, 0.29) is 24.4 Å². The van der Waals surface area contributed by atoms with Gasteiger partial charge in [-0.1, -0.05) is 39.0 Å². The zero-order valence-electron chi connectivity index (χ0n) is 16.3. The molecule has 3 saturated carbocycles. The summed E-state index contributed by atoms with van der Waals surface area (Å²) in [4.78, 5) is 25.9. The first-order valence-corrected chi connectivity index (χ1v) is 10.8. The molecular weight excluding hydrogens is 328 g/mol. The Morgan fingerprint density at radius 2 is 1.77 bits per heavy atom. The summed E-state index contributed by atoms with van der Waals surface area (Å²) in [5.74, 6) is 1.07. The molecule has 148 valence electrons. The third kappa shape index (κ3) is 5.70. The molecule has 1 atom stereocenters. The molecule has 0 heterocycles. The maximum absolute atomic E-state index is 12.7. The van der Waals surface area contributed by atoms with Crippen LogP contribution in [-0.2, 0) is 9.59 Å². The van der Waals surface area contributed by atoms with Crippen LogP contribution in [0.2, 0.25) is 0 Å². The van der Waals surface area contributed by atoms with E-state index in [9.17, 15) is 9.59 Å². The minimum Gasteiger partial charge on any atom is -0.480 e. The van der Waals surface area contributed by atoms with E-state index in [2.05, 4.69) is 17.1 Å². The van der Waals surface area contributed by atoms with Gasteiger partial charge in [0.2, 0.25) is 5.91 Å². The van der Waals surface area contributed by atoms with Crippen LogP contribution in [0.15, 0.2) is 0 Å². The summed E-state index contributed by atoms with van der Waals surface area (Å²) in [5.41, 5.74) is 0. The van der Waals surface area contributed by atoms with Crippen molar-refractivity contribution in [3.05, 3.63) is 0 Å². The number of aliphatic carboxylic acids is 1. The molecule has 0 bridgehead atoms. The minimum atomic E-state index is -0.739. The smallest absolute Gasteiger partial charge is 0.317 e. The van der Waals surface area contributed by atoms with E-state index in [1.54, 1.807) is 0 Å². The van der Waals surface area contributed by atoms with E-state index < -0.39 is 5.97 Å². The number of hydrogen-bond acceptors (Lipinski definition) is 3. The Labute approximate surface area is 157 Å². The SMILES string of the molecule is CCC(CC1CCCCC1)C(=O)NC1CC(N(CC(=O)O)CC2CC2)C1. The van der Waals surface area contributed by atoms with Gasteiger partial charge in [0, 0.05) is 24.5 Å². The van der Waals surface area contributed by atoms with Gasteiger partial charge in [-0.2, -0.15) is 0 Å². The van der Waals surface area contributed by atoms with E-state index in [1.165, 1.54) is 44.9 Å². The molecule has 0 aliphatic heterocycles. The van der Waals surface area contributed by atoms with E-state index in [0.29, 0.717) is 12.0 Å². The summed E-state index contributed by atoms with van der Waals surface area (Å²) >= 11 is 0. The van der Waals surface area contributed by atoms with Gasteiger partial charge in [0.1, 0.15) is 0 Å². The topological polar surface area (TPSA) is 69.6 Å². The summed E-state index contributed by atoms with van der Waals surface area (Å²) in [5, 5.41) is 12.4. The quantitative estimate of drug-likeness (QED) is 0.623. The molecule has 5 nitrogen and oxygen atoms in total. The van der Waals surface area contributed by atoms with Gasteiger partial charge in [-0.15, -0.1) is 0 Å². The molecule has 26 heavy (non-hydrogen) atoms. The van der Waals surface area contributed by atoms with Crippen LogP contribution in [0.25, 0.3) is 0 Å². The van der Waals surface area contributed by atoms with Gasteiger partial charge in [-0.3, -0.25) is 14.5 Å². The van der Waals surface area contributed by atoms with Crippen molar-refractivity contribution in [2.45, 2.75) is 89.6 Å². The highest BCUT2D eigenvalue weighted by molar-refractivity contribution is 5.79. The van der Waals surface area contributed by atoms with Gasteiger partial charge in [0.05, 0.1) is 6.54 Å². The van der Waals surface area contributed by atoms with Crippen LogP contribution < -0.4 is 5.32 Å². The summed E-state index contributed by atoms with van der Waals surface area (Å²) in [6.07, 6.45) is 12.9. The van der Waals surface area contributed by atoms with Gasteiger partial charge < -0.3 is 10.4 Å². The maximum atomic E-state index is 12.7. The first-order valence-electron chi connectivity index (χ1n) is 10.8. The number of rotatable bonds is 10. The molecule has 3 aliphatic carbocycles. The first-order chi connectivity index (χ1) is 12.5. The van der Waals surface area contributed by atoms with Crippen LogP contribution in [0.4, 0.5) is 0 Å². The van der Waals surface area contributed by atoms with Crippen LogP contribution in [0.5, 0.6) is 0 Å². The van der Waals surface area contributed by atoms with Crippen molar-refractivity contribution in [1.29, 1.82) is 0 Å². The standard InChI is InChI=1S/C21H36N2O3/c1-2-17(10-15-6-4-3-5-7-15)21(26)22-18-11-19(12-18)23(14-20(24)25)13-16-8-9-16/h15-19H,2-14H2,1H3,(H,22,26)(H,24,25). The van der Waals surface area contributed by atoms with Crippen molar-refractivity contribution < 1.29 is 14.7 Å². The highest BCUT2D eigenvalue weighted by Crippen LogP contribution is 2.34. The monoisotopic (exact) mass is 364 g/mol. The summed E-state index contributed by atoms with van der Waals surface area (Å²) in [6.45, 7) is 3.18. The molecule has 0 spiro atoms. The Hall–Kier alpha value is -1.10. The number of hydrogen-bond donors (Lipinski definition) is 2. The molecule has 0 saturated heterocycles. The van der Waals surface area contributed by atoms with E-state index in [1.807, 2.05) is 0 Å². The Kier molecular flexibility index (Phi) is 6.96. The largest absolute Gasteiger partial charge is 0.480 e. The lowest BCUT2D eigenvalue weighted by atomic mass is 9.81. The van der Waals surface area contributed by atoms with Gasteiger partial charge >= 0.3 is 5.97 Å². The van der Waals surface area contributed by atoms with Crippen LogP contribution >= 0.6 is 0 Å². The highest BCUT2D eigenvalue weighted by Gasteiger charge is 2.38. The number of carboxylic acid groups (broad SMARTS) is 1. The predicted octanol–water partition coefficient (Wildman–Crippen LogP) is 3.43. The van der Waals surface area contributed by atoms with Crippen molar-refractivity contribution in [3.8, 4) is 0 Å². The summed E-state index contributed by atoms with van der Waals surface area (Å²) in [6, 6.07) is 0.568. The minimum absolute atomic E-state index is 0.140. The fourth-order valence-electron chi connectivity index (χ4n) is 4.76. The Bertz CT molecular complexity index is 480. The highest BCUT2D eigenvalue weighted by atomic mass is 16.4. The van der Waals surface area contributed by atoms with Gasteiger partial charge in [-0.05, 0) is 50.4 Å². The van der Waals surface area contributed by atoms with Gasteiger partial charge in [0.25, 0.3) is 0 Å². The van der Waals surface area contributed by atoms with Crippen molar-refractivity contribution in [3.63, 3.8) is 0 Å². The van der Waals surface area contributed by atoms with Gasteiger partial charge in [-0.25, -0.2) is 0 Å². The molecule has 5 heteroatoms. The molecule has 1 amide bonds. The maximum Gasteiger partial charge on any atom is 0.317 e. The molecule has 1 unspecified atom stereocenters. The molecule has 3 rings (SSSR count). The molecular formula is C21H36N2O3. The molecule has 3 aliphatic rings. The average Bonchev–Trinajstić information content (AvgIpc) is 3.39. The molecule has 3 fully saturated rings. The molecule has 0 aromatic carbocycles. The normalized spacial score (nSPS) is 27.8. The van der Waals surface area contributed by atoms with Crippen LogP contribution in [-0.4, -0.2) is 47.1 Å². The zero-order valence-corrected chi connectivity index (χ0v) is 16.3. The lowest BCUT2D eigenvalue weighted by Gasteiger charge is -2.43. The summed E-state index contributed by atoms with van der Waals surface area (Å²) in [7, 11) is 0. The van der Waals surface area contributed by atoms with Crippen LogP contribution in [0.1, 0.15) is 77.6 Å². The van der Waals surface area contributed by atoms with Gasteiger partial charge in [0.15, 0.2) is 0 Å².